The van der Waals surface area contributed by atoms with Crippen molar-refractivity contribution < 1.29 is 13.6 Å². The standard InChI is InChI=1S/C16H18F2N4O/c1-10-19-11(2)22(20-10)12-5-4-8-21(9-12)16(23)15-13(17)6-3-7-14(15)18/h3,6-7,12H,4-5,8-9H2,1-2H3/t12-/m0/s1. The lowest BCUT2D eigenvalue weighted by molar-refractivity contribution is 0.0661. The van der Waals surface area contributed by atoms with Gasteiger partial charge in [0.1, 0.15) is 28.8 Å². The van der Waals surface area contributed by atoms with Crippen LogP contribution in [0.2, 0.25) is 0 Å². The summed E-state index contributed by atoms with van der Waals surface area (Å²) < 4.78 is 29.5. The molecule has 122 valence electrons. The van der Waals surface area contributed by atoms with Gasteiger partial charge in [-0.15, -0.1) is 0 Å². The Hall–Kier alpha value is -2.31. The smallest absolute Gasteiger partial charge is 0.259 e. The fourth-order valence-electron chi connectivity index (χ4n) is 3.08. The molecule has 0 spiro atoms. The Kier molecular flexibility index (Phi) is 4.11. The number of aryl methyl sites for hydroxylation is 2. The minimum absolute atomic E-state index is 0.0243. The zero-order valence-electron chi connectivity index (χ0n) is 13.1. The first-order valence-electron chi connectivity index (χ1n) is 7.60. The number of carbonyl (C=O) groups is 1. The third-order valence-corrected chi connectivity index (χ3v) is 4.11. The van der Waals surface area contributed by atoms with E-state index in [1.54, 1.807) is 4.68 Å². The van der Waals surface area contributed by atoms with Gasteiger partial charge in [-0.3, -0.25) is 4.79 Å². The zero-order chi connectivity index (χ0) is 16.6. The van der Waals surface area contributed by atoms with E-state index < -0.39 is 23.1 Å². The van der Waals surface area contributed by atoms with Crippen molar-refractivity contribution in [3.8, 4) is 0 Å². The van der Waals surface area contributed by atoms with Crippen LogP contribution < -0.4 is 0 Å². The number of likely N-dealkylation sites (tertiary alicyclic amines) is 1. The van der Waals surface area contributed by atoms with Gasteiger partial charge in [0.25, 0.3) is 5.91 Å². The highest BCUT2D eigenvalue weighted by Crippen LogP contribution is 2.24. The lowest BCUT2D eigenvalue weighted by Gasteiger charge is -2.33. The van der Waals surface area contributed by atoms with E-state index in [0.717, 1.165) is 30.8 Å². The van der Waals surface area contributed by atoms with E-state index in [4.69, 9.17) is 0 Å². The van der Waals surface area contributed by atoms with Crippen LogP contribution in [0.1, 0.15) is 40.9 Å². The van der Waals surface area contributed by atoms with Crippen molar-refractivity contribution in [2.24, 2.45) is 0 Å². The van der Waals surface area contributed by atoms with Gasteiger partial charge in [-0.2, -0.15) is 5.10 Å². The first kappa shape index (κ1) is 15.6. The second-order valence-electron chi connectivity index (χ2n) is 5.79. The molecule has 1 atom stereocenters. The summed E-state index contributed by atoms with van der Waals surface area (Å²) in [6.07, 6.45) is 1.61. The number of amides is 1. The first-order chi connectivity index (χ1) is 11.0. The van der Waals surface area contributed by atoms with E-state index in [1.165, 1.54) is 11.0 Å². The van der Waals surface area contributed by atoms with Crippen LogP contribution in [0, 0.1) is 25.5 Å². The highest BCUT2D eigenvalue weighted by molar-refractivity contribution is 5.94. The number of carbonyl (C=O) groups excluding carboxylic acids is 1. The molecule has 7 heteroatoms. The Balaban J connectivity index is 1.84. The van der Waals surface area contributed by atoms with Crippen molar-refractivity contribution in [2.45, 2.75) is 32.7 Å². The van der Waals surface area contributed by atoms with Crippen LogP contribution >= 0.6 is 0 Å². The molecule has 1 saturated heterocycles. The van der Waals surface area contributed by atoms with Gasteiger partial charge in [0.05, 0.1) is 6.04 Å². The minimum Gasteiger partial charge on any atom is -0.336 e. The molecule has 1 fully saturated rings. The summed E-state index contributed by atoms with van der Waals surface area (Å²) in [4.78, 5) is 18.3. The molecule has 1 aromatic carbocycles. The van der Waals surface area contributed by atoms with E-state index in [0.29, 0.717) is 18.9 Å². The molecule has 1 aromatic heterocycles. The highest BCUT2D eigenvalue weighted by Gasteiger charge is 2.29. The minimum atomic E-state index is -0.829. The maximum absolute atomic E-state index is 13.8. The van der Waals surface area contributed by atoms with Crippen LogP contribution in [0.3, 0.4) is 0 Å². The fraction of sp³-hybridized carbons (Fsp3) is 0.438. The van der Waals surface area contributed by atoms with Crippen molar-refractivity contribution >= 4 is 5.91 Å². The lowest BCUT2D eigenvalue weighted by atomic mass is 10.0. The molecular weight excluding hydrogens is 302 g/mol. The third kappa shape index (κ3) is 2.95. The molecule has 0 bridgehead atoms. The number of aromatic nitrogens is 3. The van der Waals surface area contributed by atoms with Crippen LogP contribution in [-0.2, 0) is 0 Å². The van der Waals surface area contributed by atoms with Crippen LogP contribution in [0.25, 0.3) is 0 Å². The maximum atomic E-state index is 13.8. The molecule has 0 radical (unpaired) electrons. The normalized spacial score (nSPS) is 18.3. The van der Waals surface area contributed by atoms with Crippen LogP contribution in [0.4, 0.5) is 8.78 Å². The second kappa shape index (κ2) is 6.06. The Labute approximate surface area is 132 Å². The van der Waals surface area contributed by atoms with Gasteiger partial charge in [0, 0.05) is 13.1 Å². The third-order valence-electron chi connectivity index (χ3n) is 4.11. The summed E-state index contributed by atoms with van der Waals surface area (Å²) in [7, 11) is 0. The van der Waals surface area contributed by atoms with Crippen LogP contribution in [-0.4, -0.2) is 38.7 Å². The molecule has 1 aliphatic rings. The van der Waals surface area contributed by atoms with Crippen molar-refractivity contribution in [3.05, 3.63) is 47.0 Å². The van der Waals surface area contributed by atoms with Gasteiger partial charge in [0.2, 0.25) is 0 Å². The van der Waals surface area contributed by atoms with Gasteiger partial charge in [0.15, 0.2) is 0 Å². The molecule has 2 heterocycles. The number of rotatable bonds is 2. The Bertz CT molecular complexity index is 723. The fourth-order valence-corrected chi connectivity index (χ4v) is 3.08. The number of hydrogen-bond donors (Lipinski definition) is 0. The average molecular weight is 320 g/mol. The molecule has 0 saturated carbocycles. The topological polar surface area (TPSA) is 51.0 Å². The number of nitrogens with zero attached hydrogens (tertiary/aromatic N) is 4. The monoisotopic (exact) mass is 320 g/mol. The van der Waals surface area contributed by atoms with Crippen molar-refractivity contribution in [1.82, 2.24) is 19.7 Å². The number of piperidine rings is 1. The number of halogens is 2. The van der Waals surface area contributed by atoms with Crippen molar-refractivity contribution in [2.75, 3.05) is 13.1 Å². The summed E-state index contributed by atoms with van der Waals surface area (Å²) in [6, 6.07) is 3.43. The van der Waals surface area contributed by atoms with E-state index >= 15 is 0 Å². The number of benzene rings is 1. The van der Waals surface area contributed by atoms with Crippen LogP contribution in [0.5, 0.6) is 0 Å². The van der Waals surface area contributed by atoms with Crippen LogP contribution in [0.15, 0.2) is 18.2 Å². The highest BCUT2D eigenvalue weighted by atomic mass is 19.1. The Morgan fingerprint density at radius 3 is 2.57 bits per heavy atom. The van der Waals surface area contributed by atoms with E-state index in [9.17, 15) is 13.6 Å². The van der Waals surface area contributed by atoms with Gasteiger partial charge < -0.3 is 4.90 Å². The molecule has 3 rings (SSSR count). The lowest BCUT2D eigenvalue weighted by Crippen LogP contribution is -2.41. The molecule has 1 aliphatic heterocycles. The summed E-state index contributed by atoms with van der Waals surface area (Å²) >= 11 is 0. The van der Waals surface area contributed by atoms with E-state index in [1.807, 2.05) is 13.8 Å². The summed E-state index contributed by atoms with van der Waals surface area (Å²) in [5.74, 6) is -0.820. The second-order valence-corrected chi connectivity index (χ2v) is 5.79. The molecule has 2 aromatic rings. The SMILES string of the molecule is Cc1nc(C)n([C@H]2CCCN(C(=O)c3c(F)cccc3F)C2)n1. The van der Waals surface area contributed by atoms with E-state index in [2.05, 4.69) is 10.1 Å². The molecule has 0 N–H and O–H groups in total. The zero-order valence-corrected chi connectivity index (χ0v) is 13.1. The van der Waals surface area contributed by atoms with Gasteiger partial charge in [-0.05, 0) is 38.8 Å². The van der Waals surface area contributed by atoms with Crippen molar-refractivity contribution in [1.29, 1.82) is 0 Å². The number of hydrogen-bond acceptors (Lipinski definition) is 3. The predicted molar refractivity (Wildman–Crippen MR) is 80.0 cm³/mol. The summed E-state index contributed by atoms with van der Waals surface area (Å²) in [5.41, 5.74) is -0.486. The molecular formula is C16H18F2N4O. The van der Waals surface area contributed by atoms with Gasteiger partial charge >= 0.3 is 0 Å². The molecule has 5 nitrogen and oxygen atoms in total. The molecule has 23 heavy (non-hydrogen) atoms. The Morgan fingerprint density at radius 1 is 1.26 bits per heavy atom. The maximum Gasteiger partial charge on any atom is 0.259 e. The first-order valence-corrected chi connectivity index (χ1v) is 7.60. The molecule has 1 amide bonds. The molecule has 0 unspecified atom stereocenters. The van der Waals surface area contributed by atoms with Crippen molar-refractivity contribution in [3.63, 3.8) is 0 Å². The molecule has 0 aliphatic carbocycles. The quantitative estimate of drug-likeness (QED) is 0.855. The van der Waals surface area contributed by atoms with E-state index in [-0.39, 0.29) is 6.04 Å². The van der Waals surface area contributed by atoms with Gasteiger partial charge in [-0.25, -0.2) is 18.4 Å². The summed E-state index contributed by atoms with van der Waals surface area (Å²) in [5, 5.41) is 4.35. The summed E-state index contributed by atoms with van der Waals surface area (Å²) in [6.45, 7) is 4.52. The van der Waals surface area contributed by atoms with Gasteiger partial charge in [-0.1, -0.05) is 6.07 Å². The largest absolute Gasteiger partial charge is 0.336 e. The predicted octanol–water partition coefficient (Wildman–Crippen LogP) is 2.65. The Morgan fingerprint density at radius 2 is 1.96 bits per heavy atom. The average Bonchev–Trinajstić information content (AvgIpc) is 2.86.